The summed E-state index contributed by atoms with van der Waals surface area (Å²) in [4.78, 5) is 12.0. The number of Topliss-reactive ketones (excluding diaryl/α,β-unsaturated/α-hetero) is 1. The molecule has 2 rings (SSSR count). The lowest BCUT2D eigenvalue weighted by Crippen LogP contribution is -2.09. The number of furan rings is 1. The van der Waals surface area contributed by atoms with Gasteiger partial charge in [0.2, 0.25) is 0 Å². The molecule has 0 N–H and O–H groups in total. The third kappa shape index (κ3) is 2.46. The Labute approximate surface area is 100 Å². The SMILES string of the molecule is CCn1nc(C)cc1CC(=O)c1coc(C)c1. The van der Waals surface area contributed by atoms with E-state index in [1.54, 1.807) is 6.07 Å². The molecule has 0 bridgehead atoms. The van der Waals surface area contributed by atoms with Gasteiger partial charge in [-0.1, -0.05) is 0 Å². The second kappa shape index (κ2) is 4.57. The Kier molecular flexibility index (Phi) is 3.13. The van der Waals surface area contributed by atoms with Crippen molar-refractivity contribution >= 4 is 5.78 Å². The van der Waals surface area contributed by atoms with E-state index in [0.717, 1.165) is 23.7 Å². The van der Waals surface area contributed by atoms with Crippen molar-refractivity contribution in [2.45, 2.75) is 33.7 Å². The van der Waals surface area contributed by atoms with E-state index in [1.165, 1.54) is 6.26 Å². The number of aromatic nitrogens is 2. The Balaban J connectivity index is 2.18. The van der Waals surface area contributed by atoms with Gasteiger partial charge >= 0.3 is 0 Å². The molecule has 0 aliphatic carbocycles. The minimum absolute atomic E-state index is 0.0662. The number of aryl methyl sites for hydroxylation is 3. The van der Waals surface area contributed by atoms with Crippen molar-refractivity contribution in [3.63, 3.8) is 0 Å². The van der Waals surface area contributed by atoms with Crippen LogP contribution in [-0.2, 0) is 13.0 Å². The molecular weight excluding hydrogens is 216 g/mol. The first-order valence-corrected chi connectivity index (χ1v) is 5.71. The van der Waals surface area contributed by atoms with E-state index in [4.69, 9.17) is 4.42 Å². The fourth-order valence-electron chi connectivity index (χ4n) is 1.87. The van der Waals surface area contributed by atoms with Gasteiger partial charge in [-0.2, -0.15) is 5.10 Å². The summed E-state index contributed by atoms with van der Waals surface area (Å²) >= 11 is 0. The number of rotatable bonds is 4. The Bertz CT molecular complexity index is 537. The fourth-order valence-corrected chi connectivity index (χ4v) is 1.87. The third-order valence-electron chi connectivity index (χ3n) is 2.68. The predicted molar refractivity (Wildman–Crippen MR) is 64.1 cm³/mol. The van der Waals surface area contributed by atoms with Crippen LogP contribution in [0.3, 0.4) is 0 Å². The fraction of sp³-hybridized carbons (Fsp3) is 0.385. The number of hydrogen-bond acceptors (Lipinski definition) is 3. The molecular formula is C13H16N2O2. The highest BCUT2D eigenvalue weighted by atomic mass is 16.3. The van der Waals surface area contributed by atoms with Crippen LogP contribution in [0.4, 0.5) is 0 Å². The molecule has 0 fully saturated rings. The summed E-state index contributed by atoms with van der Waals surface area (Å²) in [6.07, 6.45) is 1.88. The van der Waals surface area contributed by atoms with E-state index in [2.05, 4.69) is 5.10 Å². The predicted octanol–water partition coefficient (Wildman–Crippen LogP) is 2.54. The quantitative estimate of drug-likeness (QED) is 0.761. The van der Waals surface area contributed by atoms with Crippen LogP contribution >= 0.6 is 0 Å². The van der Waals surface area contributed by atoms with Gasteiger partial charge < -0.3 is 4.42 Å². The Hall–Kier alpha value is -1.84. The summed E-state index contributed by atoms with van der Waals surface area (Å²) in [5.74, 6) is 0.824. The number of carbonyl (C=O) groups excluding carboxylic acids is 1. The molecule has 0 unspecified atom stereocenters. The van der Waals surface area contributed by atoms with Crippen LogP contribution < -0.4 is 0 Å². The topological polar surface area (TPSA) is 48.0 Å². The lowest BCUT2D eigenvalue weighted by molar-refractivity contribution is 0.0990. The normalized spacial score (nSPS) is 10.8. The lowest BCUT2D eigenvalue weighted by atomic mass is 10.1. The van der Waals surface area contributed by atoms with Gasteiger partial charge in [0.25, 0.3) is 0 Å². The maximum Gasteiger partial charge on any atom is 0.172 e. The largest absolute Gasteiger partial charge is 0.469 e. The van der Waals surface area contributed by atoms with Gasteiger partial charge in [-0.25, -0.2) is 0 Å². The first-order valence-electron chi connectivity index (χ1n) is 5.71. The monoisotopic (exact) mass is 232 g/mol. The second-order valence-corrected chi connectivity index (χ2v) is 4.14. The summed E-state index contributed by atoms with van der Waals surface area (Å²) < 4.78 is 7.00. The van der Waals surface area contributed by atoms with Gasteiger partial charge in [0.1, 0.15) is 12.0 Å². The molecule has 17 heavy (non-hydrogen) atoms. The minimum Gasteiger partial charge on any atom is -0.469 e. The van der Waals surface area contributed by atoms with Crippen LogP contribution in [0.25, 0.3) is 0 Å². The van der Waals surface area contributed by atoms with Crippen molar-refractivity contribution < 1.29 is 9.21 Å². The maximum absolute atomic E-state index is 12.0. The second-order valence-electron chi connectivity index (χ2n) is 4.14. The van der Waals surface area contributed by atoms with Gasteiger partial charge in [0.15, 0.2) is 5.78 Å². The molecule has 4 heteroatoms. The van der Waals surface area contributed by atoms with Crippen LogP contribution in [0, 0.1) is 13.8 Å². The zero-order valence-electron chi connectivity index (χ0n) is 10.4. The van der Waals surface area contributed by atoms with Gasteiger partial charge in [-0.15, -0.1) is 0 Å². The van der Waals surface area contributed by atoms with Gasteiger partial charge in [0.05, 0.1) is 17.7 Å². The van der Waals surface area contributed by atoms with Crippen molar-refractivity contribution in [2.24, 2.45) is 0 Å². The van der Waals surface area contributed by atoms with E-state index >= 15 is 0 Å². The van der Waals surface area contributed by atoms with E-state index in [1.807, 2.05) is 31.5 Å². The van der Waals surface area contributed by atoms with Crippen LogP contribution in [0.5, 0.6) is 0 Å². The molecule has 0 saturated heterocycles. The maximum atomic E-state index is 12.0. The molecule has 0 amide bonds. The number of carbonyl (C=O) groups is 1. The Morgan fingerprint density at radius 2 is 2.18 bits per heavy atom. The summed E-state index contributed by atoms with van der Waals surface area (Å²) in [6.45, 7) is 6.56. The van der Waals surface area contributed by atoms with Crippen molar-refractivity contribution in [1.82, 2.24) is 9.78 Å². The highest BCUT2D eigenvalue weighted by molar-refractivity contribution is 5.97. The first kappa shape index (κ1) is 11.6. The Morgan fingerprint density at radius 3 is 2.76 bits per heavy atom. The van der Waals surface area contributed by atoms with Crippen molar-refractivity contribution in [3.05, 3.63) is 41.1 Å². The summed E-state index contributed by atoms with van der Waals surface area (Å²) in [6, 6.07) is 3.72. The zero-order chi connectivity index (χ0) is 12.4. The number of ketones is 1. The minimum atomic E-state index is 0.0662. The van der Waals surface area contributed by atoms with Crippen LogP contribution in [-0.4, -0.2) is 15.6 Å². The smallest absolute Gasteiger partial charge is 0.172 e. The third-order valence-corrected chi connectivity index (χ3v) is 2.68. The molecule has 2 aromatic rings. The molecule has 4 nitrogen and oxygen atoms in total. The lowest BCUT2D eigenvalue weighted by Gasteiger charge is -2.02. The van der Waals surface area contributed by atoms with Gasteiger partial charge in [0, 0.05) is 12.2 Å². The Morgan fingerprint density at radius 1 is 1.41 bits per heavy atom. The standard InChI is InChI=1S/C13H16N2O2/c1-4-15-12(5-9(2)14-15)7-13(16)11-6-10(3)17-8-11/h5-6,8H,4,7H2,1-3H3. The molecule has 2 heterocycles. The first-order chi connectivity index (χ1) is 8.10. The summed E-state index contributed by atoms with van der Waals surface area (Å²) in [7, 11) is 0. The highest BCUT2D eigenvalue weighted by Crippen LogP contribution is 2.12. The van der Waals surface area contributed by atoms with E-state index in [0.29, 0.717) is 12.0 Å². The molecule has 0 aliphatic heterocycles. The molecule has 0 radical (unpaired) electrons. The van der Waals surface area contributed by atoms with E-state index in [9.17, 15) is 4.79 Å². The van der Waals surface area contributed by atoms with E-state index < -0.39 is 0 Å². The van der Waals surface area contributed by atoms with Crippen molar-refractivity contribution in [1.29, 1.82) is 0 Å². The number of nitrogens with zero attached hydrogens (tertiary/aromatic N) is 2. The molecule has 90 valence electrons. The molecule has 0 aliphatic rings. The average molecular weight is 232 g/mol. The molecule has 0 aromatic carbocycles. The van der Waals surface area contributed by atoms with Gasteiger partial charge in [-0.05, 0) is 32.9 Å². The summed E-state index contributed by atoms with van der Waals surface area (Å²) in [5.41, 5.74) is 2.52. The zero-order valence-corrected chi connectivity index (χ0v) is 10.4. The van der Waals surface area contributed by atoms with Crippen molar-refractivity contribution in [3.8, 4) is 0 Å². The summed E-state index contributed by atoms with van der Waals surface area (Å²) in [5, 5.41) is 4.32. The molecule has 0 spiro atoms. The van der Waals surface area contributed by atoms with Crippen LogP contribution in [0.1, 0.15) is 34.4 Å². The van der Waals surface area contributed by atoms with Crippen molar-refractivity contribution in [2.75, 3.05) is 0 Å². The average Bonchev–Trinajstić information content (AvgIpc) is 2.85. The van der Waals surface area contributed by atoms with E-state index in [-0.39, 0.29) is 5.78 Å². The van der Waals surface area contributed by atoms with Gasteiger partial charge in [-0.3, -0.25) is 9.48 Å². The number of hydrogen-bond donors (Lipinski definition) is 0. The molecule has 0 saturated carbocycles. The molecule has 0 atom stereocenters. The van der Waals surface area contributed by atoms with Crippen LogP contribution in [0.2, 0.25) is 0 Å². The van der Waals surface area contributed by atoms with Crippen LogP contribution in [0.15, 0.2) is 22.8 Å². The highest BCUT2D eigenvalue weighted by Gasteiger charge is 2.13. The molecule has 2 aromatic heterocycles.